The molecule has 0 saturated carbocycles. The second-order valence-corrected chi connectivity index (χ2v) is 11.6. The summed E-state index contributed by atoms with van der Waals surface area (Å²) in [4.78, 5) is 0. The Morgan fingerprint density at radius 1 is 0.478 bits per heavy atom. The van der Waals surface area contributed by atoms with E-state index in [2.05, 4.69) is 115 Å². The summed E-state index contributed by atoms with van der Waals surface area (Å²) in [6.07, 6.45) is 5.26. The van der Waals surface area contributed by atoms with Crippen molar-refractivity contribution in [3.05, 3.63) is 160 Å². The molecule has 0 radical (unpaired) electrons. The Bertz CT molecular complexity index is 2610. The van der Waals surface area contributed by atoms with Crippen molar-refractivity contribution in [1.82, 2.24) is 0 Å². The van der Waals surface area contributed by atoms with Gasteiger partial charge in [0, 0.05) is 22.6 Å². The lowest BCUT2D eigenvalue weighted by Gasteiger charge is -2.20. The molecular weight excluding hydrogens is 556 g/mol. The van der Waals surface area contributed by atoms with Crippen LogP contribution in [0.5, 0.6) is 0 Å². The van der Waals surface area contributed by atoms with Crippen LogP contribution in [0, 0.1) is 52.3 Å². The first kappa shape index (κ1) is 27.0. The molecule has 0 N–H and O–H groups in total. The molecule has 2 heteroatoms. The van der Waals surface area contributed by atoms with Crippen LogP contribution in [-0.4, -0.2) is 0 Å². The summed E-state index contributed by atoms with van der Waals surface area (Å²) in [7, 11) is 0. The molecular formula is C44H24N2. The van der Waals surface area contributed by atoms with Crippen LogP contribution in [0.4, 0.5) is 0 Å². The van der Waals surface area contributed by atoms with E-state index in [0.29, 0.717) is 11.1 Å². The van der Waals surface area contributed by atoms with E-state index in [4.69, 9.17) is 10.5 Å². The fraction of sp³-hybridized carbons (Fsp3) is 0.0455. The van der Waals surface area contributed by atoms with Gasteiger partial charge < -0.3 is 0 Å². The highest BCUT2D eigenvalue weighted by Gasteiger charge is 2.18. The minimum absolute atomic E-state index is 0.0832. The predicted molar refractivity (Wildman–Crippen MR) is 188 cm³/mol. The Morgan fingerprint density at radius 2 is 0.978 bits per heavy atom. The lowest BCUT2D eigenvalue weighted by molar-refractivity contribution is 0.830. The number of fused-ring (bicyclic) bond motifs is 9. The number of hydrogen-bond donors (Lipinski definition) is 0. The standard InChI is InChI=1S/C44H24N2/c45-27-33-9-3-29(4-10-33)1-7-31-13-15-35-17-19-37-21-23-39-24-22-38-20-18-36-16-14-32(8-2-30-5-11-34(28-46)12-6-30)26-41(36)43(38)44(39)42(37)40(35)25-31/h3-6,9-25,32H,26H2. The highest BCUT2D eigenvalue weighted by atomic mass is 14.2. The van der Waals surface area contributed by atoms with Crippen molar-refractivity contribution < 1.29 is 0 Å². The van der Waals surface area contributed by atoms with Gasteiger partial charge in [0.2, 0.25) is 0 Å². The lowest BCUT2D eigenvalue weighted by atomic mass is 9.83. The minimum atomic E-state index is 0.0832. The van der Waals surface area contributed by atoms with Gasteiger partial charge in [-0.1, -0.05) is 90.4 Å². The van der Waals surface area contributed by atoms with E-state index in [-0.39, 0.29) is 5.92 Å². The third kappa shape index (κ3) is 4.83. The van der Waals surface area contributed by atoms with Crippen LogP contribution < -0.4 is 0 Å². The zero-order valence-corrected chi connectivity index (χ0v) is 24.8. The molecule has 0 fully saturated rings. The summed E-state index contributed by atoms with van der Waals surface area (Å²) < 4.78 is 0. The van der Waals surface area contributed by atoms with Crippen molar-refractivity contribution in [2.75, 3.05) is 0 Å². The molecule has 210 valence electrons. The van der Waals surface area contributed by atoms with Gasteiger partial charge in [0.15, 0.2) is 0 Å². The van der Waals surface area contributed by atoms with Crippen LogP contribution >= 0.6 is 0 Å². The van der Waals surface area contributed by atoms with Crippen molar-refractivity contribution in [2.45, 2.75) is 6.42 Å². The number of hydrogen-bond acceptors (Lipinski definition) is 2. The van der Waals surface area contributed by atoms with E-state index in [9.17, 15) is 0 Å². The van der Waals surface area contributed by atoms with E-state index in [1.54, 1.807) is 12.1 Å². The van der Waals surface area contributed by atoms with Crippen LogP contribution in [0.1, 0.15) is 38.9 Å². The van der Waals surface area contributed by atoms with Gasteiger partial charge in [-0.15, -0.1) is 0 Å². The first-order chi connectivity index (χ1) is 22.7. The van der Waals surface area contributed by atoms with Gasteiger partial charge in [-0.3, -0.25) is 0 Å². The van der Waals surface area contributed by atoms with Crippen molar-refractivity contribution in [2.24, 2.45) is 5.92 Å². The molecule has 7 aromatic carbocycles. The zero-order chi connectivity index (χ0) is 31.0. The number of rotatable bonds is 0. The third-order valence-corrected chi connectivity index (χ3v) is 8.82. The average molecular weight is 581 g/mol. The van der Waals surface area contributed by atoms with Crippen molar-refractivity contribution >= 4 is 49.2 Å². The molecule has 1 atom stereocenters. The van der Waals surface area contributed by atoms with Crippen molar-refractivity contribution in [3.63, 3.8) is 0 Å². The summed E-state index contributed by atoms with van der Waals surface area (Å²) in [6.45, 7) is 0. The Labute approximate surface area is 267 Å². The van der Waals surface area contributed by atoms with Crippen LogP contribution in [0.15, 0.2) is 121 Å². The van der Waals surface area contributed by atoms with Gasteiger partial charge in [0.25, 0.3) is 0 Å². The van der Waals surface area contributed by atoms with Crippen LogP contribution in [-0.2, 0) is 6.42 Å². The van der Waals surface area contributed by atoms with E-state index in [0.717, 1.165) is 23.1 Å². The largest absolute Gasteiger partial charge is 0.192 e. The summed E-state index contributed by atoms with van der Waals surface area (Å²) in [5, 5.41) is 28.0. The molecule has 1 aliphatic rings. The quantitative estimate of drug-likeness (QED) is 0.132. The summed E-state index contributed by atoms with van der Waals surface area (Å²) in [5.74, 6) is 13.5. The van der Waals surface area contributed by atoms with Crippen LogP contribution in [0.3, 0.4) is 0 Å². The topological polar surface area (TPSA) is 47.6 Å². The second kappa shape index (κ2) is 11.2. The van der Waals surface area contributed by atoms with Crippen molar-refractivity contribution in [1.29, 1.82) is 10.5 Å². The maximum atomic E-state index is 9.13. The molecule has 7 aromatic rings. The van der Waals surface area contributed by atoms with Crippen molar-refractivity contribution in [3.8, 4) is 35.8 Å². The third-order valence-electron chi connectivity index (χ3n) is 8.82. The highest BCUT2D eigenvalue weighted by Crippen LogP contribution is 2.40. The maximum absolute atomic E-state index is 9.13. The van der Waals surface area contributed by atoms with Crippen LogP contribution in [0.25, 0.3) is 49.2 Å². The fourth-order valence-corrected chi connectivity index (χ4v) is 6.50. The number of allylic oxidation sites excluding steroid dienone is 1. The van der Waals surface area contributed by atoms with Gasteiger partial charge in [0.05, 0.1) is 23.3 Å². The van der Waals surface area contributed by atoms with E-state index < -0.39 is 0 Å². The molecule has 1 unspecified atom stereocenters. The van der Waals surface area contributed by atoms with Gasteiger partial charge in [-0.25, -0.2) is 0 Å². The van der Waals surface area contributed by atoms with E-state index >= 15 is 0 Å². The smallest absolute Gasteiger partial charge is 0.0991 e. The number of nitriles is 2. The number of nitrogens with zero attached hydrogens (tertiary/aromatic N) is 2. The molecule has 0 heterocycles. The monoisotopic (exact) mass is 580 g/mol. The fourth-order valence-electron chi connectivity index (χ4n) is 6.50. The normalized spacial score (nSPS) is 13.3. The summed E-state index contributed by atoms with van der Waals surface area (Å²) >= 11 is 0. The van der Waals surface area contributed by atoms with E-state index in [1.807, 2.05) is 36.4 Å². The van der Waals surface area contributed by atoms with E-state index in [1.165, 1.54) is 54.2 Å². The highest BCUT2D eigenvalue weighted by molar-refractivity contribution is 6.28. The summed E-state index contributed by atoms with van der Waals surface area (Å²) in [5.41, 5.74) is 6.57. The predicted octanol–water partition coefficient (Wildman–Crippen LogP) is 9.68. The zero-order valence-electron chi connectivity index (χ0n) is 24.8. The van der Waals surface area contributed by atoms with Gasteiger partial charge >= 0.3 is 0 Å². The molecule has 0 amide bonds. The number of benzene rings is 7. The Balaban J connectivity index is 1.30. The Morgan fingerprint density at radius 3 is 1.65 bits per heavy atom. The lowest BCUT2D eigenvalue weighted by Crippen LogP contribution is -2.06. The maximum Gasteiger partial charge on any atom is 0.0991 e. The molecule has 46 heavy (non-hydrogen) atoms. The Kier molecular flexibility index (Phi) is 6.55. The second-order valence-electron chi connectivity index (χ2n) is 11.6. The van der Waals surface area contributed by atoms with Gasteiger partial charge in [-0.2, -0.15) is 10.5 Å². The first-order valence-electron chi connectivity index (χ1n) is 15.2. The summed E-state index contributed by atoms with van der Waals surface area (Å²) in [6, 6.07) is 43.4. The van der Waals surface area contributed by atoms with Crippen LogP contribution in [0.2, 0.25) is 0 Å². The van der Waals surface area contributed by atoms with Gasteiger partial charge in [-0.05, 0) is 121 Å². The molecule has 1 aliphatic carbocycles. The molecule has 0 aliphatic heterocycles. The first-order valence-corrected chi connectivity index (χ1v) is 15.2. The molecule has 0 bridgehead atoms. The molecule has 2 nitrogen and oxygen atoms in total. The SMILES string of the molecule is N#Cc1ccc(C#Cc2ccc3ccc4ccc5ccc6ccc7c(c6c5c4c3c2)CC(C#Cc2ccc(C#N)cc2)C=C7)cc1. The molecule has 0 saturated heterocycles. The average Bonchev–Trinajstić information content (AvgIpc) is 3.12. The Hall–Kier alpha value is -6.58. The molecule has 0 spiro atoms. The molecule has 0 aromatic heterocycles. The molecule has 8 rings (SSSR count). The van der Waals surface area contributed by atoms with Gasteiger partial charge in [0.1, 0.15) is 0 Å². The minimum Gasteiger partial charge on any atom is -0.192 e.